The minimum Gasteiger partial charge on any atom is -0.320 e. The Bertz CT molecular complexity index is 514. The maximum absolute atomic E-state index is 12.5. The Morgan fingerprint density at radius 2 is 1.79 bits per heavy atom. The van der Waals surface area contributed by atoms with Crippen LogP contribution in [0.4, 0.5) is 13.2 Å². The minimum atomic E-state index is -4.30. The molecule has 2 aromatic rings. The molecule has 0 aliphatic carbocycles. The van der Waals surface area contributed by atoms with Crippen LogP contribution in [-0.4, -0.2) is 5.51 Å². The van der Waals surface area contributed by atoms with Gasteiger partial charge < -0.3 is 5.73 Å². The maximum Gasteiger partial charge on any atom is 0.446 e. The van der Waals surface area contributed by atoms with E-state index in [0.717, 1.165) is 4.88 Å². The fourth-order valence-corrected chi connectivity index (χ4v) is 3.03. The normalized spacial score (nSPS) is 12.8. The van der Waals surface area contributed by atoms with Crippen LogP contribution in [0.1, 0.15) is 16.5 Å². The summed E-state index contributed by atoms with van der Waals surface area (Å²) in [6.07, 6.45) is 0. The summed E-state index contributed by atoms with van der Waals surface area (Å²) in [5.41, 5.74) is 2.21. The zero-order valence-corrected chi connectivity index (χ0v) is 12.0. The molecule has 0 spiro atoms. The van der Waals surface area contributed by atoms with E-state index in [9.17, 15) is 13.2 Å². The third-order valence-electron chi connectivity index (χ3n) is 2.33. The molecule has 7 heteroatoms. The molecule has 1 aromatic carbocycles. The number of hydrogen-bond donors (Lipinski definition) is 1. The van der Waals surface area contributed by atoms with Crippen LogP contribution in [0.5, 0.6) is 0 Å². The lowest BCUT2D eigenvalue weighted by Crippen LogP contribution is -2.12. The first kappa shape index (κ1) is 16.4. The van der Waals surface area contributed by atoms with E-state index in [1.54, 1.807) is 18.2 Å². The molecule has 1 nitrogen and oxygen atoms in total. The molecular weight excluding hydrogens is 315 g/mol. The van der Waals surface area contributed by atoms with Gasteiger partial charge in [-0.05, 0) is 34.8 Å². The van der Waals surface area contributed by atoms with Crippen LogP contribution >= 0.6 is 35.5 Å². The number of nitrogens with two attached hydrogens (primary N) is 1. The summed E-state index contributed by atoms with van der Waals surface area (Å²) in [7, 11) is 0. The van der Waals surface area contributed by atoms with Gasteiger partial charge in [0, 0.05) is 9.77 Å². The van der Waals surface area contributed by atoms with Gasteiger partial charge in [-0.1, -0.05) is 24.3 Å². The van der Waals surface area contributed by atoms with E-state index < -0.39 is 11.6 Å². The Morgan fingerprint density at radius 3 is 2.37 bits per heavy atom. The van der Waals surface area contributed by atoms with E-state index >= 15 is 0 Å². The average molecular weight is 326 g/mol. The van der Waals surface area contributed by atoms with Crippen molar-refractivity contribution in [3.63, 3.8) is 0 Å². The fourth-order valence-electron chi connectivity index (χ4n) is 1.58. The van der Waals surface area contributed by atoms with Gasteiger partial charge in [-0.2, -0.15) is 13.2 Å². The van der Waals surface area contributed by atoms with Crippen molar-refractivity contribution in [2.24, 2.45) is 5.73 Å². The molecule has 104 valence electrons. The van der Waals surface area contributed by atoms with Gasteiger partial charge in [0.25, 0.3) is 0 Å². The summed E-state index contributed by atoms with van der Waals surface area (Å²) in [4.78, 5) is 1.01. The van der Waals surface area contributed by atoms with E-state index in [1.165, 1.54) is 17.4 Å². The number of alkyl halides is 3. The monoisotopic (exact) mass is 325 g/mol. The second-order valence-corrected chi connectivity index (χ2v) is 5.66. The smallest absolute Gasteiger partial charge is 0.320 e. The van der Waals surface area contributed by atoms with Gasteiger partial charge in [-0.25, -0.2) is 0 Å². The van der Waals surface area contributed by atoms with Gasteiger partial charge in [0.2, 0.25) is 0 Å². The first-order valence-corrected chi connectivity index (χ1v) is 6.80. The summed E-state index contributed by atoms with van der Waals surface area (Å²) in [6, 6.07) is 9.50. The second-order valence-electron chi connectivity index (χ2n) is 3.58. The molecule has 1 aromatic heterocycles. The molecule has 1 atom stereocenters. The highest BCUT2D eigenvalue weighted by Crippen LogP contribution is 2.40. The van der Waals surface area contributed by atoms with Crippen molar-refractivity contribution in [1.82, 2.24) is 0 Å². The van der Waals surface area contributed by atoms with E-state index in [2.05, 4.69) is 0 Å². The summed E-state index contributed by atoms with van der Waals surface area (Å²) in [5.74, 6) is 0. The number of rotatable bonds is 3. The lowest BCUT2D eigenvalue weighted by atomic mass is 10.1. The predicted octanol–water partition coefficient (Wildman–Crippen LogP) is 4.83. The quantitative estimate of drug-likeness (QED) is 0.818. The number of benzene rings is 1. The van der Waals surface area contributed by atoms with Crippen LogP contribution in [0.15, 0.2) is 46.7 Å². The average Bonchev–Trinajstić information content (AvgIpc) is 2.80. The SMILES string of the molecule is Cl.N[C@@H](c1cccs1)c1ccccc1SC(F)(F)F. The third kappa shape index (κ3) is 4.42. The van der Waals surface area contributed by atoms with Gasteiger partial charge in [0.05, 0.1) is 6.04 Å². The van der Waals surface area contributed by atoms with Gasteiger partial charge >= 0.3 is 5.51 Å². The van der Waals surface area contributed by atoms with Crippen molar-refractivity contribution in [2.75, 3.05) is 0 Å². The van der Waals surface area contributed by atoms with E-state index in [1.807, 2.05) is 17.5 Å². The van der Waals surface area contributed by atoms with Crippen LogP contribution in [0.3, 0.4) is 0 Å². The van der Waals surface area contributed by atoms with Crippen molar-refractivity contribution in [3.8, 4) is 0 Å². The molecule has 0 bridgehead atoms. The van der Waals surface area contributed by atoms with Gasteiger partial charge in [-0.15, -0.1) is 23.7 Å². The number of thiophene rings is 1. The highest BCUT2D eigenvalue weighted by Gasteiger charge is 2.31. The first-order chi connectivity index (χ1) is 8.47. The Morgan fingerprint density at radius 1 is 1.11 bits per heavy atom. The Balaban J connectivity index is 0.00000180. The molecule has 0 unspecified atom stereocenters. The molecular formula is C12H11ClF3NS2. The lowest BCUT2D eigenvalue weighted by Gasteiger charge is -2.15. The summed E-state index contributed by atoms with van der Waals surface area (Å²) in [6.45, 7) is 0. The molecule has 0 saturated heterocycles. The molecule has 2 N–H and O–H groups in total. The zero-order valence-electron chi connectivity index (χ0n) is 9.55. The predicted molar refractivity (Wildman–Crippen MR) is 76.0 cm³/mol. The largest absolute Gasteiger partial charge is 0.446 e. The van der Waals surface area contributed by atoms with Crippen LogP contribution in [0.25, 0.3) is 0 Å². The maximum atomic E-state index is 12.5. The van der Waals surface area contributed by atoms with E-state index in [0.29, 0.717) is 5.56 Å². The number of thioether (sulfide) groups is 1. The molecule has 0 amide bonds. The van der Waals surface area contributed by atoms with Crippen LogP contribution in [0.2, 0.25) is 0 Å². The lowest BCUT2D eigenvalue weighted by molar-refractivity contribution is -0.0328. The number of hydrogen-bond acceptors (Lipinski definition) is 3. The Labute approximate surface area is 123 Å². The van der Waals surface area contributed by atoms with Gasteiger partial charge in [0.15, 0.2) is 0 Å². The number of halogens is 4. The zero-order chi connectivity index (χ0) is 13.2. The topological polar surface area (TPSA) is 26.0 Å². The molecule has 2 rings (SSSR count). The minimum absolute atomic E-state index is 0. The van der Waals surface area contributed by atoms with E-state index in [-0.39, 0.29) is 29.1 Å². The molecule has 19 heavy (non-hydrogen) atoms. The highest BCUT2D eigenvalue weighted by atomic mass is 35.5. The highest BCUT2D eigenvalue weighted by molar-refractivity contribution is 8.00. The van der Waals surface area contributed by atoms with E-state index in [4.69, 9.17) is 5.73 Å². The Hall–Kier alpha value is -0.690. The molecule has 0 aliphatic heterocycles. The van der Waals surface area contributed by atoms with Crippen molar-refractivity contribution in [3.05, 3.63) is 52.2 Å². The van der Waals surface area contributed by atoms with Crippen molar-refractivity contribution < 1.29 is 13.2 Å². The summed E-state index contributed by atoms with van der Waals surface area (Å²) in [5, 5.41) is 1.86. The Kier molecular flexibility index (Phi) is 5.73. The molecule has 0 radical (unpaired) electrons. The summed E-state index contributed by atoms with van der Waals surface area (Å²) >= 11 is 1.31. The van der Waals surface area contributed by atoms with Gasteiger partial charge in [-0.3, -0.25) is 0 Å². The van der Waals surface area contributed by atoms with Gasteiger partial charge in [0.1, 0.15) is 0 Å². The van der Waals surface area contributed by atoms with Crippen molar-refractivity contribution >= 4 is 35.5 Å². The fraction of sp³-hybridized carbons (Fsp3) is 0.167. The van der Waals surface area contributed by atoms with Crippen LogP contribution < -0.4 is 5.73 Å². The van der Waals surface area contributed by atoms with Crippen molar-refractivity contribution in [2.45, 2.75) is 16.4 Å². The van der Waals surface area contributed by atoms with Crippen LogP contribution in [0, 0.1) is 0 Å². The molecule has 0 saturated carbocycles. The third-order valence-corrected chi connectivity index (χ3v) is 4.11. The molecule has 1 heterocycles. The standard InChI is InChI=1S/C12H10F3NS2.ClH/c13-12(14,15)18-9-5-2-1-4-8(9)11(16)10-6-3-7-17-10;/h1-7,11H,16H2;1H/t11-;/m1./s1. The van der Waals surface area contributed by atoms with Crippen LogP contribution in [-0.2, 0) is 0 Å². The molecule has 0 aliphatic rings. The first-order valence-electron chi connectivity index (χ1n) is 5.11. The van der Waals surface area contributed by atoms with Crippen molar-refractivity contribution in [1.29, 1.82) is 0 Å². The second kappa shape index (κ2) is 6.65. The summed E-state index contributed by atoms with van der Waals surface area (Å²) < 4.78 is 37.4. The molecule has 0 fully saturated rings.